The maximum absolute atomic E-state index is 6.62. The molecule has 13 rings (SSSR count). The molecular weight excluding hydrogens is 727 g/mol. The Morgan fingerprint density at radius 1 is 0.305 bits per heavy atom. The summed E-state index contributed by atoms with van der Waals surface area (Å²) in [5.41, 5.74) is 15.4. The Labute approximate surface area is 338 Å². The van der Waals surface area contributed by atoms with Crippen LogP contribution in [0.5, 0.6) is 23.0 Å². The number of furan rings is 2. The second-order valence-electron chi connectivity index (χ2n) is 15.2. The first-order valence-corrected chi connectivity index (χ1v) is 19.8. The van der Waals surface area contributed by atoms with E-state index < -0.39 is 0 Å². The van der Waals surface area contributed by atoms with Crippen molar-refractivity contribution in [3.63, 3.8) is 0 Å². The molecule has 0 amide bonds. The van der Waals surface area contributed by atoms with Crippen LogP contribution in [-0.2, 0) is 0 Å². The van der Waals surface area contributed by atoms with Crippen molar-refractivity contribution in [2.24, 2.45) is 0 Å². The first-order valence-electron chi connectivity index (χ1n) is 19.8. The number of hydrogen-bond donors (Lipinski definition) is 0. The Morgan fingerprint density at radius 2 is 0.712 bits per heavy atom. The highest BCUT2D eigenvalue weighted by atomic mass is 16.5. The Hall–Kier alpha value is -8.02. The summed E-state index contributed by atoms with van der Waals surface area (Å²) in [4.78, 5) is 2.27. The standard InChI is InChI=1S/C54H31NO4/c1-3-12-44-40(8-1)52-38(10-5-14-46(52)56-44)34-22-18-32(19-23-34)36-26-28-42-50(30-36)58-48-16-7-17-49-54(48)55(42)43-29-27-37(31-51(43)59-49)33-20-24-35(25-21-33)39-11-6-15-47-53(39)41-9-2-4-13-45(41)57-47/h1-31H. The SMILES string of the molecule is c1cc2c3c(c1)Oc1cc(-c4ccc(-c5cccc6oc7ccccc7c56)cc4)ccc1N3c1ccc(-c3ccc(-c4cccc5oc6ccccc6c45)cc3)cc1O2. The van der Waals surface area contributed by atoms with E-state index in [2.05, 4.69) is 138 Å². The van der Waals surface area contributed by atoms with E-state index in [1.807, 2.05) is 54.6 Å². The van der Waals surface area contributed by atoms with Crippen LogP contribution in [0, 0.1) is 0 Å². The minimum absolute atomic E-state index is 0.758. The fourth-order valence-corrected chi connectivity index (χ4v) is 9.13. The third-order valence-corrected chi connectivity index (χ3v) is 11.9. The molecule has 2 aliphatic rings. The van der Waals surface area contributed by atoms with Gasteiger partial charge in [-0.2, -0.15) is 0 Å². The number of para-hydroxylation sites is 3. The topological polar surface area (TPSA) is 48.0 Å². The van der Waals surface area contributed by atoms with E-state index in [1.165, 1.54) is 0 Å². The summed E-state index contributed by atoms with van der Waals surface area (Å²) in [6, 6.07) is 65.5. The Bertz CT molecular complexity index is 3270. The van der Waals surface area contributed by atoms with E-state index in [0.717, 1.165) is 128 Å². The molecule has 0 bridgehead atoms. The predicted octanol–water partition coefficient (Wildman–Crippen LogP) is 15.8. The second kappa shape index (κ2) is 12.2. The van der Waals surface area contributed by atoms with Gasteiger partial charge in [-0.25, -0.2) is 0 Å². The molecule has 2 aliphatic heterocycles. The van der Waals surface area contributed by atoms with Crippen LogP contribution in [0.25, 0.3) is 88.4 Å². The molecule has 5 nitrogen and oxygen atoms in total. The summed E-state index contributed by atoms with van der Waals surface area (Å²) < 4.78 is 25.6. The van der Waals surface area contributed by atoms with Crippen molar-refractivity contribution in [1.82, 2.24) is 0 Å². The van der Waals surface area contributed by atoms with Crippen molar-refractivity contribution < 1.29 is 18.3 Å². The number of benzene rings is 9. The lowest BCUT2D eigenvalue weighted by molar-refractivity contribution is 0.446. The van der Waals surface area contributed by atoms with E-state index in [4.69, 9.17) is 18.3 Å². The van der Waals surface area contributed by atoms with Crippen molar-refractivity contribution >= 4 is 60.9 Å². The van der Waals surface area contributed by atoms with Crippen LogP contribution in [0.3, 0.4) is 0 Å². The Morgan fingerprint density at radius 3 is 1.20 bits per heavy atom. The molecule has 9 aromatic carbocycles. The van der Waals surface area contributed by atoms with Crippen molar-refractivity contribution in [2.75, 3.05) is 4.90 Å². The average Bonchev–Trinajstić information content (AvgIpc) is 3.88. The minimum atomic E-state index is 0.758. The van der Waals surface area contributed by atoms with Gasteiger partial charge in [-0.05, 0) is 105 Å². The van der Waals surface area contributed by atoms with Crippen LogP contribution in [0.2, 0.25) is 0 Å². The molecule has 0 atom stereocenters. The van der Waals surface area contributed by atoms with Gasteiger partial charge in [0.25, 0.3) is 0 Å². The van der Waals surface area contributed by atoms with Crippen LogP contribution in [-0.4, -0.2) is 0 Å². The first kappa shape index (κ1) is 32.1. The second-order valence-corrected chi connectivity index (χ2v) is 15.2. The van der Waals surface area contributed by atoms with Gasteiger partial charge in [0.1, 0.15) is 28.0 Å². The quantitative estimate of drug-likeness (QED) is 0.179. The highest BCUT2D eigenvalue weighted by Crippen LogP contribution is 2.60. The maximum atomic E-state index is 6.62. The van der Waals surface area contributed by atoms with Crippen LogP contribution in [0.15, 0.2) is 197 Å². The van der Waals surface area contributed by atoms with Crippen LogP contribution >= 0.6 is 0 Å². The molecular formula is C54H31NO4. The van der Waals surface area contributed by atoms with E-state index >= 15 is 0 Å². The summed E-state index contributed by atoms with van der Waals surface area (Å²) in [5.74, 6) is 3.10. The van der Waals surface area contributed by atoms with Crippen LogP contribution in [0.1, 0.15) is 0 Å². The Balaban J connectivity index is 0.835. The zero-order valence-corrected chi connectivity index (χ0v) is 31.5. The summed E-state index contributed by atoms with van der Waals surface area (Å²) in [5, 5.41) is 4.53. The van der Waals surface area contributed by atoms with Gasteiger partial charge in [0.2, 0.25) is 0 Å². The van der Waals surface area contributed by atoms with Gasteiger partial charge in [0, 0.05) is 21.5 Å². The molecule has 0 spiro atoms. The van der Waals surface area contributed by atoms with Gasteiger partial charge >= 0.3 is 0 Å². The fraction of sp³-hybridized carbons (Fsp3) is 0. The van der Waals surface area contributed by atoms with E-state index in [-0.39, 0.29) is 0 Å². The summed E-state index contributed by atoms with van der Waals surface area (Å²) in [6.45, 7) is 0. The first-order chi connectivity index (χ1) is 29.2. The van der Waals surface area contributed by atoms with Crippen molar-refractivity contribution in [3.05, 3.63) is 188 Å². The molecule has 59 heavy (non-hydrogen) atoms. The van der Waals surface area contributed by atoms with E-state index in [9.17, 15) is 0 Å². The normalized spacial score (nSPS) is 12.6. The number of rotatable bonds is 4. The largest absolute Gasteiger partial charge is 0.456 e. The van der Waals surface area contributed by atoms with Gasteiger partial charge in [0.05, 0.1) is 11.4 Å². The highest BCUT2D eigenvalue weighted by molar-refractivity contribution is 6.13. The number of hydrogen-bond acceptors (Lipinski definition) is 5. The van der Waals surface area contributed by atoms with Gasteiger partial charge < -0.3 is 18.3 Å². The molecule has 0 aliphatic carbocycles. The summed E-state index contributed by atoms with van der Waals surface area (Å²) >= 11 is 0. The van der Waals surface area contributed by atoms with Gasteiger partial charge in [-0.3, -0.25) is 4.90 Å². The lowest BCUT2D eigenvalue weighted by atomic mass is 9.96. The molecule has 0 saturated heterocycles. The molecule has 276 valence electrons. The maximum Gasteiger partial charge on any atom is 0.155 e. The van der Waals surface area contributed by atoms with Crippen LogP contribution in [0.4, 0.5) is 17.1 Å². The third kappa shape index (κ3) is 4.85. The number of fused-ring (bicyclic) bond motifs is 10. The fourth-order valence-electron chi connectivity index (χ4n) is 9.13. The third-order valence-electron chi connectivity index (χ3n) is 11.9. The summed E-state index contributed by atoms with van der Waals surface area (Å²) in [7, 11) is 0. The summed E-state index contributed by atoms with van der Waals surface area (Å²) in [6.07, 6.45) is 0. The van der Waals surface area contributed by atoms with Crippen molar-refractivity contribution in [3.8, 4) is 67.5 Å². The lowest BCUT2D eigenvalue weighted by Crippen LogP contribution is -2.20. The zero-order valence-electron chi connectivity index (χ0n) is 31.5. The smallest absolute Gasteiger partial charge is 0.155 e. The number of anilines is 3. The molecule has 0 saturated carbocycles. The van der Waals surface area contributed by atoms with E-state index in [0.29, 0.717) is 0 Å². The van der Waals surface area contributed by atoms with Gasteiger partial charge in [-0.15, -0.1) is 0 Å². The molecule has 0 unspecified atom stereocenters. The number of ether oxygens (including phenoxy) is 2. The molecule has 11 aromatic rings. The van der Waals surface area contributed by atoms with Gasteiger partial charge in [-0.1, -0.05) is 127 Å². The van der Waals surface area contributed by atoms with Gasteiger partial charge in [0.15, 0.2) is 23.0 Å². The zero-order chi connectivity index (χ0) is 38.6. The molecule has 2 aromatic heterocycles. The van der Waals surface area contributed by atoms with E-state index in [1.54, 1.807) is 0 Å². The monoisotopic (exact) mass is 757 g/mol. The number of nitrogens with zero attached hydrogens (tertiary/aromatic N) is 1. The molecule has 0 fully saturated rings. The molecule has 5 heteroatoms. The average molecular weight is 758 g/mol. The molecule has 0 radical (unpaired) electrons. The minimum Gasteiger partial charge on any atom is -0.456 e. The van der Waals surface area contributed by atoms with Crippen molar-refractivity contribution in [1.29, 1.82) is 0 Å². The predicted molar refractivity (Wildman–Crippen MR) is 238 cm³/mol. The molecule has 4 heterocycles. The Kier molecular flexibility index (Phi) is 6.66. The lowest BCUT2D eigenvalue weighted by Gasteiger charge is -2.38. The van der Waals surface area contributed by atoms with Crippen LogP contribution < -0.4 is 14.4 Å². The highest BCUT2D eigenvalue weighted by Gasteiger charge is 2.35. The molecule has 0 N–H and O–H groups in total. The van der Waals surface area contributed by atoms with Crippen molar-refractivity contribution in [2.45, 2.75) is 0 Å².